The number of nitrogens with zero attached hydrogens (tertiary/aromatic N) is 2. The van der Waals surface area contributed by atoms with Crippen molar-refractivity contribution >= 4 is 53.1 Å². The van der Waals surface area contributed by atoms with Gasteiger partial charge in [0.25, 0.3) is 0 Å². The minimum atomic E-state index is -0.115. The van der Waals surface area contributed by atoms with Gasteiger partial charge in [0.15, 0.2) is 5.82 Å². The van der Waals surface area contributed by atoms with Gasteiger partial charge in [-0.3, -0.25) is 0 Å². The van der Waals surface area contributed by atoms with Crippen LogP contribution in [0, 0.1) is 0 Å². The Morgan fingerprint density at radius 3 is 1.82 bits per heavy atom. The third-order valence-electron chi connectivity index (χ3n) is 12.7. The molecule has 0 N–H and O–H groups in total. The third-order valence-corrected chi connectivity index (χ3v) is 13.9. The van der Waals surface area contributed by atoms with Crippen LogP contribution in [0.3, 0.4) is 0 Å². The van der Waals surface area contributed by atoms with Gasteiger partial charge in [0, 0.05) is 42.3 Å². The molecule has 2 nitrogen and oxygen atoms in total. The maximum Gasteiger partial charge on any atom is 0.160 e. The largest absolute Gasteiger partial charge is 0.228 e. The van der Waals surface area contributed by atoms with E-state index >= 15 is 0 Å². The van der Waals surface area contributed by atoms with E-state index in [1.54, 1.807) is 0 Å². The fourth-order valence-corrected chi connectivity index (χ4v) is 10.9. The van der Waals surface area contributed by atoms with E-state index in [-0.39, 0.29) is 5.41 Å². The molecule has 11 aromatic rings. The molecule has 0 unspecified atom stereocenters. The topological polar surface area (TPSA) is 25.8 Å². The van der Waals surface area contributed by atoms with Crippen molar-refractivity contribution in [2.24, 2.45) is 0 Å². The van der Waals surface area contributed by atoms with Crippen molar-refractivity contribution in [2.75, 3.05) is 0 Å². The molecule has 1 aliphatic carbocycles. The van der Waals surface area contributed by atoms with Gasteiger partial charge in [-0.05, 0) is 90.3 Å². The first-order valence-corrected chi connectivity index (χ1v) is 21.5. The second-order valence-electron chi connectivity index (χ2n) is 16.5. The van der Waals surface area contributed by atoms with E-state index in [2.05, 4.69) is 202 Å². The number of aromatic nitrogens is 2. The van der Waals surface area contributed by atoms with Crippen molar-refractivity contribution in [1.29, 1.82) is 0 Å². The molecule has 3 heteroatoms. The summed E-state index contributed by atoms with van der Waals surface area (Å²) < 4.78 is 2.63. The van der Waals surface area contributed by atoms with Crippen LogP contribution in [0.25, 0.3) is 109 Å². The highest BCUT2D eigenvalue weighted by molar-refractivity contribution is 7.26. The van der Waals surface area contributed by atoms with Crippen molar-refractivity contribution in [3.63, 3.8) is 0 Å². The number of benzene rings is 9. The second-order valence-corrected chi connectivity index (χ2v) is 17.5. The number of hydrogen-bond donors (Lipinski definition) is 0. The smallest absolute Gasteiger partial charge is 0.160 e. The summed E-state index contributed by atoms with van der Waals surface area (Å²) in [6.45, 7) is 4.74. The van der Waals surface area contributed by atoms with Crippen LogP contribution in [0.5, 0.6) is 0 Å². The summed E-state index contributed by atoms with van der Waals surface area (Å²) >= 11 is 1.87. The molecule has 1 aliphatic rings. The SMILES string of the molecule is CC1(C)c2cc3ccccc3cc2-c2c(-c3ccc(-c4cc(-c5ccc(-c6cccc7c6sc6ccccc67)cc5)nc(-c5ccccc5)n4)c4ccccc34)cccc21. The summed E-state index contributed by atoms with van der Waals surface area (Å²) in [5, 5.41) is 7.55. The van der Waals surface area contributed by atoms with Crippen molar-refractivity contribution in [3.05, 3.63) is 205 Å². The van der Waals surface area contributed by atoms with Crippen molar-refractivity contribution in [2.45, 2.75) is 19.3 Å². The van der Waals surface area contributed by atoms with Gasteiger partial charge in [-0.25, -0.2) is 9.97 Å². The van der Waals surface area contributed by atoms with Crippen LogP contribution >= 0.6 is 11.3 Å². The number of hydrogen-bond acceptors (Lipinski definition) is 3. The minimum absolute atomic E-state index is 0.115. The Balaban J connectivity index is 1.00. The van der Waals surface area contributed by atoms with Crippen molar-refractivity contribution in [1.82, 2.24) is 9.97 Å². The molecule has 0 bridgehead atoms. The zero-order chi connectivity index (χ0) is 40.0. The van der Waals surface area contributed by atoms with Crippen LogP contribution in [-0.4, -0.2) is 9.97 Å². The van der Waals surface area contributed by atoms with Gasteiger partial charge in [-0.2, -0.15) is 0 Å². The molecule has 0 saturated heterocycles. The first kappa shape index (κ1) is 34.8. The van der Waals surface area contributed by atoms with Gasteiger partial charge >= 0.3 is 0 Å². The molecule has 60 heavy (non-hydrogen) atoms. The van der Waals surface area contributed by atoms with Gasteiger partial charge in [-0.1, -0.05) is 184 Å². The lowest BCUT2D eigenvalue weighted by Gasteiger charge is -2.22. The van der Waals surface area contributed by atoms with E-state index in [1.165, 1.54) is 86.2 Å². The maximum atomic E-state index is 5.30. The molecule has 0 amide bonds. The van der Waals surface area contributed by atoms with Crippen LogP contribution in [0.2, 0.25) is 0 Å². The predicted molar refractivity (Wildman–Crippen MR) is 255 cm³/mol. The average Bonchev–Trinajstić information content (AvgIpc) is 3.80. The molecule has 2 heterocycles. The van der Waals surface area contributed by atoms with E-state index in [0.717, 1.165) is 28.1 Å². The summed E-state index contributed by atoms with van der Waals surface area (Å²) in [5.41, 5.74) is 15.2. The van der Waals surface area contributed by atoms with Gasteiger partial charge in [0.2, 0.25) is 0 Å². The van der Waals surface area contributed by atoms with E-state index in [1.807, 2.05) is 17.4 Å². The molecule has 9 aromatic carbocycles. The van der Waals surface area contributed by atoms with Crippen LogP contribution in [0.4, 0.5) is 0 Å². The monoisotopic (exact) mass is 782 g/mol. The van der Waals surface area contributed by atoms with Crippen LogP contribution in [0.1, 0.15) is 25.0 Å². The normalized spacial score (nSPS) is 13.0. The fourth-order valence-electron chi connectivity index (χ4n) is 9.70. The first-order valence-electron chi connectivity index (χ1n) is 20.6. The Bertz CT molecular complexity index is 3500. The van der Waals surface area contributed by atoms with E-state index in [0.29, 0.717) is 5.82 Å². The summed E-state index contributed by atoms with van der Waals surface area (Å²) in [5.74, 6) is 0.710. The lowest BCUT2D eigenvalue weighted by Crippen LogP contribution is -2.14. The number of thiophene rings is 1. The summed E-state index contributed by atoms with van der Waals surface area (Å²) in [6.07, 6.45) is 0. The summed E-state index contributed by atoms with van der Waals surface area (Å²) in [7, 11) is 0. The Morgan fingerprint density at radius 2 is 1.00 bits per heavy atom. The van der Waals surface area contributed by atoms with E-state index < -0.39 is 0 Å². The predicted octanol–water partition coefficient (Wildman–Crippen LogP) is 15.8. The number of rotatable bonds is 5. The minimum Gasteiger partial charge on any atom is -0.228 e. The van der Waals surface area contributed by atoms with E-state index in [9.17, 15) is 0 Å². The molecule has 282 valence electrons. The standard InChI is InChI=1S/C57H38N2S/c1-57(2)49-24-13-22-46(54(49)48-32-38-16-6-7-17-39(38)33-50(48)57)43-30-31-44(42-19-9-8-18-41(42)43)52-34-51(58-56(59-52)37-14-4-3-5-15-37)36-28-26-35(27-29-36)40-21-12-23-47-45-20-10-11-25-53(45)60-55(40)47/h3-34H,1-2H3. The molecule has 0 fully saturated rings. The third kappa shape index (κ3) is 5.40. The highest BCUT2D eigenvalue weighted by Crippen LogP contribution is 2.54. The maximum absolute atomic E-state index is 5.30. The van der Waals surface area contributed by atoms with Crippen molar-refractivity contribution < 1.29 is 0 Å². The van der Waals surface area contributed by atoms with Crippen LogP contribution < -0.4 is 0 Å². The Morgan fingerprint density at radius 1 is 0.383 bits per heavy atom. The molecule has 0 saturated carbocycles. The van der Waals surface area contributed by atoms with Gasteiger partial charge in [0.1, 0.15) is 0 Å². The Hall–Kier alpha value is -7.20. The highest BCUT2D eigenvalue weighted by Gasteiger charge is 2.37. The van der Waals surface area contributed by atoms with E-state index in [4.69, 9.17) is 9.97 Å². The first-order chi connectivity index (χ1) is 29.5. The van der Waals surface area contributed by atoms with Gasteiger partial charge in [0.05, 0.1) is 11.4 Å². The summed E-state index contributed by atoms with van der Waals surface area (Å²) in [6, 6.07) is 70.6. The highest BCUT2D eigenvalue weighted by atomic mass is 32.1. The Labute approximate surface area is 353 Å². The molecule has 0 atom stereocenters. The quantitative estimate of drug-likeness (QED) is 0.174. The lowest BCUT2D eigenvalue weighted by molar-refractivity contribution is 0.661. The van der Waals surface area contributed by atoms with Gasteiger partial charge in [-0.15, -0.1) is 11.3 Å². The molecule has 0 spiro atoms. The van der Waals surface area contributed by atoms with Gasteiger partial charge < -0.3 is 0 Å². The molecule has 2 aromatic heterocycles. The lowest BCUT2D eigenvalue weighted by atomic mass is 9.81. The number of fused-ring (bicyclic) bond motifs is 8. The second kappa shape index (κ2) is 13.4. The molecular formula is C57H38N2S. The van der Waals surface area contributed by atoms with Crippen LogP contribution in [0.15, 0.2) is 194 Å². The zero-order valence-electron chi connectivity index (χ0n) is 33.3. The summed E-state index contributed by atoms with van der Waals surface area (Å²) in [4.78, 5) is 10.5. The average molecular weight is 783 g/mol. The molecular weight excluding hydrogens is 745 g/mol. The van der Waals surface area contributed by atoms with Crippen molar-refractivity contribution in [3.8, 4) is 67.3 Å². The molecule has 12 rings (SSSR count). The zero-order valence-corrected chi connectivity index (χ0v) is 34.1. The Kier molecular flexibility index (Phi) is 7.79. The molecule has 0 aliphatic heterocycles. The van der Waals surface area contributed by atoms with Crippen LogP contribution in [-0.2, 0) is 5.41 Å². The molecule has 0 radical (unpaired) electrons. The fraction of sp³-hybridized carbons (Fsp3) is 0.0526.